The van der Waals surface area contributed by atoms with Gasteiger partial charge in [0.15, 0.2) is 0 Å². The lowest BCUT2D eigenvalue weighted by Crippen LogP contribution is -2.47. The highest BCUT2D eigenvalue weighted by Gasteiger charge is 2.44. The lowest BCUT2D eigenvalue weighted by Gasteiger charge is -2.43. The van der Waals surface area contributed by atoms with E-state index in [1.54, 1.807) is 0 Å². The molecule has 0 aromatic rings. The van der Waals surface area contributed by atoms with Gasteiger partial charge in [-0.3, -0.25) is 4.79 Å². The lowest BCUT2D eigenvalue weighted by molar-refractivity contribution is -0.142. The normalized spacial score (nSPS) is 38.5. The van der Waals surface area contributed by atoms with Crippen LogP contribution in [0.4, 0.5) is 0 Å². The summed E-state index contributed by atoms with van der Waals surface area (Å²) in [4.78, 5) is 12.6. The summed E-state index contributed by atoms with van der Waals surface area (Å²) in [5.74, 6) is 2.69. The first-order valence-electron chi connectivity index (χ1n) is 7.29. The van der Waals surface area contributed by atoms with Crippen LogP contribution in [0.25, 0.3) is 0 Å². The quantitative estimate of drug-likeness (QED) is 0.826. The molecule has 2 N–H and O–H groups in total. The van der Waals surface area contributed by atoms with Gasteiger partial charge in [0.25, 0.3) is 0 Å². The van der Waals surface area contributed by atoms with Crippen molar-refractivity contribution in [2.75, 3.05) is 31.3 Å². The minimum atomic E-state index is -0.104. The van der Waals surface area contributed by atoms with Gasteiger partial charge in [0, 0.05) is 18.6 Å². The first-order chi connectivity index (χ1) is 9.20. The van der Waals surface area contributed by atoms with E-state index >= 15 is 0 Å². The van der Waals surface area contributed by atoms with E-state index in [0.29, 0.717) is 19.0 Å². The molecular formula is C14H23NO3S. The van der Waals surface area contributed by atoms with Crippen molar-refractivity contribution in [3.63, 3.8) is 0 Å². The Morgan fingerprint density at radius 2 is 2.05 bits per heavy atom. The molecule has 0 saturated carbocycles. The number of hydrogen-bond acceptors (Lipinski definition) is 5. The van der Waals surface area contributed by atoms with Crippen molar-refractivity contribution < 1.29 is 14.3 Å². The molecule has 0 aromatic carbocycles. The molecule has 3 fully saturated rings. The summed E-state index contributed by atoms with van der Waals surface area (Å²) in [5, 5.41) is 0. The number of carbonyl (C=O) groups excluding carboxylic acids is 1. The summed E-state index contributed by atoms with van der Waals surface area (Å²) in [5.41, 5.74) is 5.96. The molecule has 0 aromatic heterocycles. The zero-order valence-electron chi connectivity index (χ0n) is 11.3. The second kappa shape index (κ2) is 5.72. The highest BCUT2D eigenvalue weighted by Crippen LogP contribution is 2.41. The Morgan fingerprint density at radius 1 is 1.26 bits per heavy atom. The second-order valence-corrected chi connectivity index (χ2v) is 7.27. The Bertz CT molecular complexity index is 338. The predicted octanol–water partition coefficient (Wildman–Crippen LogP) is 1.22. The zero-order chi connectivity index (χ0) is 13.3. The smallest absolute Gasteiger partial charge is 0.143 e. The van der Waals surface area contributed by atoms with Gasteiger partial charge in [-0.15, -0.1) is 0 Å². The van der Waals surface area contributed by atoms with E-state index in [9.17, 15) is 4.79 Å². The van der Waals surface area contributed by atoms with Gasteiger partial charge < -0.3 is 15.2 Å². The van der Waals surface area contributed by atoms with Crippen molar-refractivity contribution >= 4 is 17.5 Å². The third-order valence-corrected chi connectivity index (χ3v) is 5.77. The number of carbonyl (C=O) groups is 1. The first kappa shape index (κ1) is 13.9. The van der Waals surface area contributed by atoms with Crippen LogP contribution in [0.1, 0.15) is 25.7 Å². The van der Waals surface area contributed by atoms with Gasteiger partial charge in [0.2, 0.25) is 0 Å². The molecule has 108 valence electrons. The predicted molar refractivity (Wildman–Crippen MR) is 75.3 cm³/mol. The highest BCUT2D eigenvalue weighted by molar-refractivity contribution is 7.99. The van der Waals surface area contributed by atoms with Gasteiger partial charge in [-0.25, -0.2) is 0 Å². The van der Waals surface area contributed by atoms with Crippen LogP contribution in [-0.2, 0) is 14.3 Å². The molecule has 5 heteroatoms. The summed E-state index contributed by atoms with van der Waals surface area (Å²) in [6.45, 7) is 1.77. The van der Waals surface area contributed by atoms with Crippen LogP contribution < -0.4 is 5.73 Å². The van der Waals surface area contributed by atoms with Gasteiger partial charge in [-0.1, -0.05) is 0 Å². The summed E-state index contributed by atoms with van der Waals surface area (Å²) in [6, 6.07) is -0.104. The maximum Gasteiger partial charge on any atom is 0.143 e. The van der Waals surface area contributed by atoms with Crippen LogP contribution in [0.15, 0.2) is 0 Å². The number of ketones is 1. The van der Waals surface area contributed by atoms with Crippen molar-refractivity contribution in [1.82, 2.24) is 0 Å². The van der Waals surface area contributed by atoms with E-state index in [1.165, 1.54) is 0 Å². The van der Waals surface area contributed by atoms with E-state index in [4.69, 9.17) is 15.2 Å². The molecule has 3 heterocycles. The SMILES string of the molecule is NC1COCC1C(=O)C1CCOC2(CCSCC2)C1. The number of Topliss-reactive ketones (excluding diaryl/α,β-unsaturated/α-hetero) is 1. The molecule has 0 bridgehead atoms. The van der Waals surface area contributed by atoms with Crippen LogP contribution >= 0.6 is 11.8 Å². The highest BCUT2D eigenvalue weighted by atomic mass is 32.2. The molecule has 1 spiro atoms. The van der Waals surface area contributed by atoms with Crippen molar-refractivity contribution in [2.45, 2.75) is 37.3 Å². The Kier molecular flexibility index (Phi) is 4.17. The summed E-state index contributed by atoms with van der Waals surface area (Å²) >= 11 is 1.99. The Balaban J connectivity index is 1.65. The molecule has 3 aliphatic heterocycles. The van der Waals surface area contributed by atoms with Crippen LogP contribution in [0.2, 0.25) is 0 Å². The van der Waals surface area contributed by atoms with Crippen molar-refractivity contribution in [2.24, 2.45) is 17.6 Å². The van der Waals surface area contributed by atoms with Gasteiger partial charge in [-0.05, 0) is 37.2 Å². The van der Waals surface area contributed by atoms with Crippen LogP contribution in [-0.4, -0.2) is 48.8 Å². The van der Waals surface area contributed by atoms with Crippen molar-refractivity contribution in [3.05, 3.63) is 0 Å². The van der Waals surface area contributed by atoms with E-state index in [1.807, 2.05) is 11.8 Å². The number of ether oxygens (including phenoxy) is 2. The fourth-order valence-corrected chi connectivity index (χ4v) is 4.77. The molecule has 0 aliphatic carbocycles. The minimum absolute atomic E-state index is 0.0205. The molecular weight excluding hydrogens is 262 g/mol. The van der Waals surface area contributed by atoms with Gasteiger partial charge in [0.1, 0.15) is 5.78 Å². The Labute approximate surface area is 118 Å². The standard InChI is InChI=1S/C14H23NO3S/c15-12-9-17-8-11(12)13(16)10-1-4-18-14(7-10)2-5-19-6-3-14/h10-12H,1-9,15H2. The Morgan fingerprint density at radius 3 is 2.74 bits per heavy atom. The number of rotatable bonds is 2. The minimum Gasteiger partial charge on any atom is -0.379 e. The van der Waals surface area contributed by atoms with Crippen LogP contribution in [0, 0.1) is 11.8 Å². The topological polar surface area (TPSA) is 61.5 Å². The molecule has 19 heavy (non-hydrogen) atoms. The summed E-state index contributed by atoms with van der Waals surface area (Å²) < 4.78 is 11.4. The summed E-state index contributed by atoms with van der Waals surface area (Å²) in [6.07, 6.45) is 3.94. The van der Waals surface area contributed by atoms with Gasteiger partial charge >= 0.3 is 0 Å². The molecule has 3 saturated heterocycles. The van der Waals surface area contributed by atoms with E-state index in [2.05, 4.69) is 0 Å². The fraction of sp³-hybridized carbons (Fsp3) is 0.929. The molecule has 3 rings (SSSR count). The first-order valence-corrected chi connectivity index (χ1v) is 8.44. The maximum absolute atomic E-state index is 12.6. The monoisotopic (exact) mass is 285 g/mol. The molecule has 3 atom stereocenters. The van der Waals surface area contributed by atoms with E-state index in [0.717, 1.165) is 43.8 Å². The van der Waals surface area contributed by atoms with Gasteiger partial charge in [0.05, 0.1) is 24.7 Å². The van der Waals surface area contributed by atoms with E-state index in [-0.39, 0.29) is 23.5 Å². The second-order valence-electron chi connectivity index (χ2n) is 6.04. The molecule has 3 aliphatic rings. The van der Waals surface area contributed by atoms with Crippen LogP contribution in [0.3, 0.4) is 0 Å². The average molecular weight is 285 g/mol. The third-order valence-electron chi connectivity index (χ3n) is 4.79. The third kappa shape index (κ3) is 2.84. The molecule has 4 nitrogen and oxygen atoms in total. The fourth-order valence-electron chi connectivity index (χ4n) is 3.53. The number of nitrogens with two attached hydrogens (primary N) is 1. The molecule has 0 amide bonds. The molecule has 0 radical (unpaired) electrons. The van der Waals surface area contributed by atoms with Crippen molar-refractivity contribution in [3.8, 4) is 0 Å². The largest absolute Gasteiger partial charge is 0.379 e. The Hall–Kier alpha value is -0.100. The zero-order valence-corrected chi connectivity index (χ0v) is 12.1. The average Bonchev–Trinajstić information content (AvgIpc) is 2.85. The molecule has 3 unspecified atom stereocenters. The van der Waals surface area contributed by atoms with E-state index < -0.39 is 0 Å². The summed E-state index contributed by atoms with van der Waals surface area (Å²) in [7, 11) is 0. The van der Waals surface area contributed by atoms with Crippen molar-refractivity contribution in [1.29, 1.82) is 0 Å². The number of hydrogen-bond donors (Lipinski definition) is 1. The lowest BCUT2D eigenvalue weighted by atomic mass is 9.76. The maximum atomic E-state index is 12.6. The number of thioether (sulfide) groups is 1. The van der Waals surface area contributed by atoms with Crippen LogP contribution in [0.5, 0.6) is 0 Å². The van der Waals surface area contributed by atoms with Gasteiger partial charge in [-0.2, -0.15) is 11.8 Å².